The molecule has 0 saturated heterocycles. The van der Waals surface area contributed by atoms with E-state index in [0.717, 1.165) is 16.8 Å². The highest BCUT2D eigenvalue weighted by molar-refractivity contribution is 7.09. The van der Waals surface area contributed by atoms with Crippen LogP contribution in [-0.4, -0.2) is 30.5 Å². The molecule has 29 heavy (non-hydrogen) atoms. The second kappa shape index (κ2) is 9.29. The van der Waals surface area contributed by atoms with E-state index in [4.69, 9.17) is 14.2 Å². The minimum absolute atomic E-state index is 0.0151. The number of nitrogens with zero attached hydrogens (tertiary/aromatic N) is 1. The van der Waals surface area contributed by atoms with Gasteiger partial charge in [0.1, 0.15) is 23.9 Å². The summed E-state index contributed by atoms with van der Waals surface area (Å²) in [5, 5.41) is 2.89. The number of carbonyl (C=O) groups is 2. The van der Waals surface area contributed by atoms with Crippen molar-refractivity contribution in [3.05, 3.63) is 75.5 Å². The second-order valence-corrected chi connectivity index (χ2v) is 7.08. The molecule has 0 spiro atoms. The zero-order valence-electron chi connectivity index (χ0n) is 15.8. The predicted molar refractivity (Wildman–Crippen MR) is 105 cm³/mol. The largest absolute Gasteiger partial charge is 0.496 e. The minimum Gasteiger partial charge on any atom is -0.496 e. The van der Waals surface area contributed by atoms with Gasteiger partial charge in [-0.05, 0) is 49.4 Å². The summed E-state index contributed by atoms with van der Waals surface area (Å²) in [5.74, 6) is -1.02. The number of aromatic nitrogens is 1. The van der Waals surface area contributed by atoms with E-state index in [-0.39, 0.29) is 16.9 Å². The lowest BCUT2D eigenvalue weighted by Gasteiger charge is -2.09. The van der Waals surface area contributed by atoms with E-state index in [1.165, 1.54) is 31.4 Å². The Morgan fingerprint density at radius 3 is 2.55 bits per heavy atom. The average molecular weight is 415 g/mol. The summed E-state index contributed by atoms with van der Waals surface area (Å²) in [6.45, 7) is 1.72. The molecule has 0 fully saturated rings. The number of benzene rings is 2. The van der Waals surface area contributed by atoms with Crippen LogP contribution < -0.4 is 9.47 Å². The summed E-state index contributed by atoms with van der Waals surface area (Å²) in [6, 6.07) is 9.91. The number of hydrogen-bond donors (Lipinski definition) is 0. The maximum atomic E-state index is 13.4. The molecule has 0 aliphatic rings. The normalized spacial score (nSPS) is 10.4. The molecule has 1 aromatic heterocycles. The first kappa shape index (κ1) is 20.5. The van der Waals surface area contributed by atoms with E-state index in [0.29, 0.717) is 12.4 Å². The maximum Gasteiger partial charge on any atom is 0.338 e. The number of methoxy groups -OCH3 is 1. The molecule has 150 valence electrons. The monoisotopic (exact) mass is 415 g/mol. The Hall–Kier alpha value is -3.26. The van der Waals surface area contributed by atoms with Gasteiger partial charge in [0.2, 0.25) is 5.78 Å². The number of ether oxygens (including phenoxy) is 3. The highest BCUT2D eigenvalue weighted by Gasteiger charge is 2.16. The SMILES string of the molecule is COc1ccc(F)cc1C(=O)COC(=O)c1ccc(OCc2csc(C)n2)cc1. The highest BCUT2D eigenvalue weighted by atomic mass is 32.1. The van der Waals surface area contributed by atoms with Gasteiger partial charge in [-0.1, -0.05) is 0 Å². The maximum absolute atomic E-state index is 13.4. The first-order chi connectivity index (χ1) is 14.0. The summed E-state index contributed by atoms with van der Waals surface area (Å²) in [7, 11) is 1.37. The lowest BCUT2D eigenvalue weighted by atomic mass is 10.1. The van der Waals surface area contributed by atoms with E-state index < -0.39 is 24.2 Å². The van der Waals surface area contributed by atoms with Crippen LogP contribution in [0, 0.1) is 12.7 Å². The minimum atomic E-state index is -0.671. The topological polar surface area (TPSA) is 74.7 Å². The molecule has 0 bridgehead atoms. The van der Waals surface area contributed by atoms with Gasteiger partial charge in [-0.2, -0.15) is 0 Å². The molecular formula is C21H18FNO5S. The van der Waals surface area contributed by atoms with E-state index in [1.54, 1.807) is 23.5 Å². The Labute approximate surface area is 170 Å². The molecule has 6 nitrogen and oxygen atoms in total. The summed E-state index contributed by atoms with van der Waals surface area (Å²) in [4.78, 5) is 28.7. The Kier molecular flexibility index (Phi) is 6.56. The van der Waals surface area contributed by atoms with Crippen molar-refractivity contribution in [2.24, 2.45) is 0 Å². The van der Waals surface area contributed by atoms with Crippen molar-refractivity contribution in [1.29, 1.82) is 0 Å². The average Bonchev–Trinajstić information content (AvgIpc) is 3.15. The zero-order chi connectivity index (χ0) is 20.8. The molecule has 3 aromatic rings. The highest BCUT2D eigenvalue weighted by Crippen LogP contribution is 2.20. The van der Waals surface area contributed by atoms with Gasteiger partial charge >= 0.3 is 5.97 Å². The predicted octanol–water partition coefficient (Wildman–Crippen LogP) is 4.22. The Morgan fingerprint density at radius 2 is 1.90 bits per heavy atom. The number of rotatable bonds is 8. The molecule has 0 aliphatic carbocycles. The number of aryl methyl sites for hydroxylation is 1. The molecule has 0 aliphatic heterocycles. The number of hydrogen-bond acceptors (Lipinski definition) is 7. The summed E-state index contributed by atoms with van der Waals surface area (Å²) in [6.07, 6.45) is 0. The van der Waals surface area contributed by atoms with Gasteiger partial charge < -0.3 is 14.2 Å². The van der Waals surface area contributed by atoms with Crippen LogP contribution in [0.2, 0.25) is 0 Å². The Balaban J connectivity index is 1.55. The van der Waals surface area contributed by atoms with Crippen LogP contribution in [-0.2, 0) is 11.3 Å². The number of Topliss-reactive ketones (excluding diaryl/α,β-unsaturated/α-hetero) is 1. The Bertz CT molecular complexity index is 1020. The molecule has 0 radical (unpaired) electrons. The van der Waals surface area contributed by atoms with Crippen LogP contribution in [0.4, 0.5) is 4.39 Å². The number of halogens is 1. The third-order valence-electron chi connectivity index (χ3n) is 3.94. The van der Waals surface area contributed by atoms with E-state index in [2.05, 4.69) is 4.98 Å². The van der Waals surface area contributed by atoms with E-state index in [1.807, 2.05) is 12.3 Å². The number of carbonyl (C=O) groups excluding carboxylic acids is 2. The van der Waals surface area contributed by atoms with Crippen molar-refractivity contribution in [3.8, 4) is 11.5 Å². The van der Waals surface area contributed by atoms with Crippen LogP contribution >= 0.6 is 11.3 Å². The quantitative estimate of drug-likeness (QED) is 0.405. The standard InChI is InChI=1S/C21H18FNO5S/c1-13-23-16(12-29-13)10-27-17-6-3-14(4-7-17)21(25)28-11-19(24)18-9-15(22)5-8-20(18)26-2/h3-9,12H,10-11H2,1-2H3. The van der Waals surface area contributed by atoms with Crippen LogP contribution in [0.1, 0.15) is 31.4 Å². The summed E-state index contributed by atoms with van der Waals surface area (Å²) in [5.41, 5.74) is 1.12. The van der Waals surface area contributed by atoms with Crippen molar-refractivity contribution in [1.82, 2.24) is 4.98 Å². The molecule has 0 unspecified atom stereocenters. The fourth-order valence-corrected chi connectivity index (χ4v) is 3.11. The van der Waals surface area contributed by atoms with Gasteiger partial charge in [0, 0.05) is 5.38 Å². The van der Waals surface area contributed by atoms with Gasteiger partial charge in [-0.25, -0.2) is 14.2 Å². The van der Waals surface area contributed by atoms with Crippen LogP contribution in [0.15, 0.2) is 47.8 Å². The fraction of sp³-hybridized carbons (Fsp3) is 0.190. The van der Waals surface area contributed by atoms with Gasteiger partial charge in [0.25, 0.3) is 0 Å². The Morgan fingerprint density at radius 1 is 1.14 bits per heavy atom. The van der Waals surface area contributed by atoms with Crippen LogP contribution in [0.3, 0.4) is 0 Å². The van der Waals surface area contributed by atoms with Crippen LogP contribution in [0.25, 0.3) is 0 Å². The fourth-order valence-electron chi connectivity index (χ4n) is 2.51. The first-order valence-corrected chi connectivity index (χ1v) is 9.52. The molecule has 0 saturated carbocycles. The summed E-state index contributed by atoms with van der Waals surface area (Å²) < 4.78 is 29.1. The summed E-state index contributed by atoms with van der Waals surface area (Å²) >= 11 is 1.55. The molecule has 0 atom stereocenters. The van der Waals surface area contributed by atoms with E-state index >= 15 is 0 Å². The number of esters is 1. The van der Waals surface area contributed by atoms with Gasteiger partial charge in [-0.15, -0.1) is 11.3 Å². The molecule has 0 amide bonds. The van der Waals surface area contributed by atoms with Crippen molar-refractivity contribution >= 4 is 23.1 Å². The molecular weight excluding hydrogens is 397 g/mol. The molecule has 2 aromatic carbocycles. The molecule has 1 heterocycles. The third kappa shape index (κ3) is 5.39. The van der Waals surface area contributed by atoms with Crippen LogP contribution in [0.5, 0.6) is 11.5 Å². The van der Waals surface area contributed by atoms with Gasteiger partial charge in [-0.3, -0.25) is 4.79 Å². The van der Waals surface area contributed by atoms with Crippen molar-refractivity contribution in [2.75, 3.05) is 13.7 Å². The third-order valence-corrected chi connectivity index (χ3v) is 4.76. The first-order valence-electron chi connectivity index (χ1n) is 8.64. The van der Waals surface area contributed by atoms with Gasteiger partial charge in [0.15, 0.2) is 6.61 Å². The van der Waals surface area contributed by atoms with E-state index in [9.17, 15) is 14.0 Å². The van der Waals surface area contributed by atoms with Crippen molar-refractivity contribution in [2.45, 2.75) is 13.5 Å². The van der Waals surface area contributed by atoms with Crippen molar-refractivity contribution < 1.29 is 28.2 Å². The smallest absolute Gasteiger partial charge is 0.338 e. The van der Waals surface area contributed by atoms with Crippen molar-refractivity contribution in [3.63, 3.8) is 0 Å². The zero-order valence-corrected chi connectivity index (χ0v) is 16.6. The van der Waals surface area contributed by atoms with Gasteiger partial charge in [0.05, 0.1) is 28.9 Å². The lowest BCUT2D eigenvalue weighted by molar-refractivity contribution is 0.0474. The molecule has 3 rings (SSSR count). The number of ketones is 1. The second-order valence-electron chi connectivity index (χ2n) is 6.01. The molecule has 8 heteroatoms. The lowest BCUT2D eigenvalue weighted by Crippen LogP contribution is -2.15. The molecule has 0 N–H and O–H groups in total. The number of thiazole rings is 1.